The second-order valence-electron chi connectivity index (χ2n) is 9.46. The van der Waals surface area contributed by atoms with Crippen molar-refractivity contribution in [2.24, 2.45) is 0 Å². The number of ether oxygens (including phenoxy) is 3. The average Bonchev–Trinajstić information content (AvgIpc) is 3.23. The van der Waals surface area contributed by atoms with Crippen LogP contribution in [-0.4, -0.2) is 85.5 Å². The van der Waals surface area contributed by atoms with Crippen LogP contribution in [0.3, 0.4) is 0 Å². The molecule has 1 aliphatic heterocycles. The molecule has 0 bridgehead atoms. The molecule has 182 valence electrons. The predicted octanol–water partition coefficient (Wildman–Crippen LogP) is 2.37. The van der Waals surface area contributed by atoms with Gasteiger partial charge in [-0.15, -0.1) is 0 Å². The summed E-state index contributed by atoms with van der Waals surface area (Å²) in [5, 5.41) is 23.2. The van der Waals surface area contributed by atoms with Crippen molar-refractivity contribution < 1.29 is 24.4 Å². The van der Waals surface area contributed by atoms with Gasteiger partial charge in [-0.2, -0.15) is 0 Å². The maximum atomic E-state index is 10.1. The Balaban J connectivity index is 1.47. The lowest BCUT2D eigenvalue weighted by Gasteiger charge is -2.37. The van der Waals surface area contributed by atoms with Gasteiger partial charge in [0, 0.05) is 31.7 Å². The molecular weight excluding hydrogens is 408 g/mol. The van der Waals surface area contributed by atoms with Crippen LogP contribution in [0.5, 0.6) is 11.5 Å². The minimum absolute atomic E-state index is 0.182. The molecule has 0 spiro atoms. The van der Waals surface area contributed by atoms with E-state index in [1.165, 1.54) is 12.8 Å². The van der Waals surface area contributed by atoms with Gasteiger partial charge >= 0.3 is 0 Å². The molecule has 3 N–H and O–H groups in total. The van der Waals surface area contributed by atoms with Crippen molar-refractivity contribution >= 4 is 0 Å². The molecule has 2 aliphatic rings. The summed E-state index contributed by atoms with van der Waals surface area (Å²) in [5.74, 6) is 1.31. The Kier molecular flexibility index (Phi) is 10.1. The molecule has 0 radical (unpaired) electrons. The maximum Gasteiger partial charge on any atom is 0.161 e. The van der Waals surface area contributed by atoms with E-state index >= 15 is 0 Å². The molecule has 1 aromatic carbocycles. The van der Waals surface area contributed by atoms with E-state index in [2.05, 4.69) is 10.2 Å². The van der Waals surface area contributed by atoms with Gasteiger partial charge in [0.2, 0.25) is 0 Å². The predicted molar refractivity (Wildman–Crippen MR) is 126 cm³/mol. The lowest BCUT2D eigenvalue weighted by molar-refractivity contribution is -0.0316. The topological polar surface area (TPSA) is 83.4 Å². The van der Waals surface area contributed by atoms with Crippen molar-refractivity contribution in [2.45, 2.75) is 82.8 Å². The number of likely N-dealkylation sites (tertiary alicyclic amines) is 1. The van der Waals surface area contributed by atoms with Crippen LogP contribution in [0.15, 0.2) is 18.2 Å². The first-order valence-electron chi connectivity index (χ1n) is 12.2. The molecule has 3 rings (SSSR count). The van der Waals surface area contributed by atoms with Crippen LogP contribution in [0.25, 0.3) is 0 Å². The second-order valence-corrected chi connectivity index (χ2v) is 9.46. The summed E-state index contributed by atoms with van der Waals surface area (Å²) in [4.78, 5) is 2.43. The lowest BCUT2D eigenvalue weighted by Crippen LogP contribution is -2.46. The molecule has 7 heteroatoms. The van der Waals surface area contributed by atoms with E-state index in [9.17, 15) is 10.2 Å². The summed E-state index contributed by atoms with van der Waals surface area (Å²) in [6.07, 6.45) is 5.91. The number of benzene rings is 1. The van der Waals surface area contributed by atoms with Crippen molar-refractivity contribution in [3.05, 3.63) is 23.8 Å². The molecule has 0 aromatic heterocycles. The first kappa shape index (κ1) is 25.2. The molecule has 1 aliphatic carbocycles. The van der Waals surface area contributed by atoms with E-state index in [1.54, 1.807) is 7.11 Å². The Morgan fingerprint density at radius 1 is 1.16 bits per heavy atom. The van der Waals surface area contributed by atoms with E-state index in [0.717, 1.165) is 44.3 Å². The van der Waals surface area contributed by atoms with Crippen LogP contribution < -0.4 is 14.8 Å². The Hall–Kier alpha value is -1.38. The summed E-state index contributed by atoms with van der Waals surface area (Å²) < 4.78 is 17.6. The molecule has 1 unspecified atom stereocenters. The summed E-state index contributed by atoms with van der Waals surface area (Å²) in [6, 6.07) is 6.70. The standard InChI is InChI=1S/C25H42N2O5/c1-18(2)26-15-21(29)17-32-24-9-8-19(14-25(24)30-3)11-13-31-23-7-5-4-6-22(23)27-12-10-20(28)16-27/h8-9,14,18,20-23,26,28-29H,4-7,10-13,15-17H2,1-3H3/t20-,21+,22?,23+/m1/s1. The number of hydrogen-bond donors (Lipinski definition) is 3. The Morgan fingerprint density at radius 3 is 2.69 bits per heavy atom. The fraction of sp³-hybridized carbons (Fsp3) is 0.760. The molecule has 1 saturated carbocycles. The highest BCUT2D eigenvalue weighted by Gasteiger charge is 2.34. The number of aliphatic hydroxyl groups is 2. The van der Waals surface area contributed by atoms with E-state index in [-0.39, 0.29) is 18.8 Å². The number of aliphatic hydroxyl groups excluding tert-OH is 2. The number of β-amino-alcohol motifs (C(OH)–C–C–N with tert-alkyl or cyclic N) is 1. The quantitative estimate of drug-likeness (QED) is 0.451. The first-order valence-corrected chi connectivity index (χ1v) is 12.2. The summed E-state index contributed by atoms with van der Waals surface area (Å²) in [6.45, 7) is 7.23. The normalized spacial score (nSPS) is 25.2. The third-order valence-electron chi connectivity index (χ3n) is 6.48. The fourth-order valence-electron chi connectivity index (χ4n) is 4.69. The molecule has 7 nitrogen and oxygen atoms in total. The SMILES string of the molecule is COc1cc(CCO[C@H]2CCCCC2N2CC[C@@H](O)C2)ccc1OC[C@@H](O)CNC(C)C. The van der Waals surface area contributed by atoms with E-state index < -0.39 is 6.10 Å². The summed E-state index contributed by atoms with van der Waals surface area (Å²) in [5.41, 5.74) is 1.14. The Morgan fingerprint density at radius 2 is 1.97 bits per heavy atom. The van der Waals surface area contributed by atoms with Crippen LogP contribution in [0.2, 0.25) is 0 Å². The van der Waals surface area contributed by atoms with Gasteiger partial charge in [0.15, 0.2) is 11.5 Å². The van der Waals surface area contributed by atoms with Crippen molar-refractivity contribution in [3.8, 4) is 11.5 Å². The molecule has 0 amide bonds. The van der Waals surface area contributed by atoms with Gasteiger partial charge in [0.1, 0.15) is 12.7 Å². The maximum absolute atomic E-state index is 10.1. The number of hydrogen-bond acceptors (Lipinski definition) is 7. The average molecular weight is 451 g/mol. The zero-order valence-electron chi connectivity index (χ0n) is 20.0. The van der Waals surface area contributed by atoms with Gasteiger partial charge in [0.25, 0.3) is 0 Å². The van der Waals surface area contributed by atoms with Crippen LogP contribution in [0, 0.1) is 0 Å². The minimum atomic E-state index is -0.574. The monoisotopic (exact) mass is 450 g/mol. The van der Waals surface area contributed by atoms with Gasteiger partial charge in [-0.3, -0.25) is 4.90 Å². The molecule has 1 saturated heterocycles. The van der Waals surface area contributed by atoms with Gasteiger partial charge in [-0.05, 0) is 43.4 Å². The molecule has 32 heavy (non-hydrogen) atoms. The number of methoxy groups -OCH3 is 1. The van der Waals surface area contributed by atoms with Crippen molar-refractivity contribution in [2.75, 3.05) is 40.0 Å². The highest BCUT2D eigenvalue weighted by Crippen LogP contribution is 2.30. The van der Waals surface area contributed by atoms with Crippen molar-refractivity contribution in [3.63, 3.8) is 0 Å². The van der Waals surface area contributed by atoms with Crippen molar-refractivity contribution in [1.29, 1.82) is 0 Å². The van der Waals surface area contributed by atoms with Gasteiger partial charge in [0.05, 0.1) is 25.9 Å². The van der Waals surface area contributed by atoms with E-state index in [1.807, 2.05) is 32.0 Å². The Bertz CT molecular complexity index is 686. The number of rotatable bonds is 12. The molecule has 4 atom stereocenters. The van der Waals surface area contributed by atoms with Crippen LogP contribution in [0.1, 0.15) is 51.5 Å². The summed E-state index contributed by atoms with van der Waals surface area (Å²) in [7, 11) is 1.64. The van der Waals surface area contributed by atoms with Gasteiger partial charge in [-0.1, -0.05) is 32.8 Å². The second kappa shape index (κ2) is 12.8. The zero-order valence-corrected chi connectivity index (χ0v) is 20.0. The third kappa shape index (κ3) is 7.59. The third-order valence-corrected chi connectivity index (χ3v) is 6.48. The van der Waals surface area contributed by atoms with E-state index in [4.69, 9.17) is 14.2 Å². The first-order chi connectivity index (χ1) is 15.5. The minimum Gasteiger partial charge on any atom is -0.493 e. The fourth-order valence-corrected chi connectivity index (χ4v) is 4.69. The highest BCUT2D eigenvalue weighted by atomic mass is 16.5. The van der Waals surface area contributed by atoms with Gasteiger partial charge in [-0.25, -0.2) is 0 Å². The number of nitrogens with one attached hydrogen (secondary N) is 1. The summed E-state index contributed by atoms with van der Waals surface area (Å²) >= 11 is 0. The van der Waals surface area contributed by atoms with Crippen LogP contribution in [0.4, 0.5) is 0 Å². The lowest BCUT2D eigenvalue weighted by atomic mass is 9.91. The molecule has 1 heterocycles. The zero-order chi connectivity index (χ0) is 22.9. The number of nitrogens with zero attached hydrogens (tertiary/aromatic N) is 1. The molecule has 1 aromatic rings. The molecule has 2 fully saturated rings. The molecular formula is C25H42N2O5. The van der Waals surface area contributed by atoms with Crippen molar-refractivity contribution in [1.82, 2.24) is 10.2 Å². The van der Waals surface area contributed by atoms with Gasteiger partial charge < -0.3 is 29.7 Å². The van der Waals surface area contributed by atoms with E-state index in [0.29, 0.717) is 36.7 Å². The smallest absolute Gasteiger partial charge is 0.161 e. The highest BCUT2D eigenvalue weighted by molar-refractivity contribution is 5.43. The van der Waals surface area contributed by atoms with Crippen LogP contribution >= 0.6 is 0 Å². The Labute approximate surface area is 193 Å². The van der Waals surface area contributed by atoms with Crippen LogP contribution in [-0.2, 0) is 11.2 Å². The largest absolute Gasteiger partial charge is 0.493 e.